The SMILES string of the molecule is Cc1cc(C)nc(Nc2ccc(OC(=O)CN3C(=O)c4ccc(Br)cc4C3=O)cc2)n1. The maximum atomic E-state index is 12.5. The third kappa shape index (κ3) is 4.46. The Morgan fingerprint density at radius 1 is 0.968 bits per heavy atom. The number of imide groups is 1. The Balaban J connectivity index is 1.39. The normalized spacial score (nSPS) is 12.7. The Bertz CT molecular complexity index is 1190. The van der Waals surface area contributed by atoms with Crippen LogP contribution in [-0.4, -0.2) is 39.2 Å². The zero-order chi connectivity index (χ0) is 22.1. The molecule has 0 saturated carbocycles. The highest BCUT2D eigenvalue weighted by Gasteiger charge is 2.37. The number of aromatic nitrogens is 2. The Kier molecular flexibility index (Phi) is 5.51. The van der Waals surface area contributed by atoms with E-state index in [1.165, 1.54) is 0 Å². The molecule has 8 nitrogen and oxygen atoms in total. The second kappa shape index (κ2) is 8.27. The number of halogens is 1. The van der Waals surface area contributed by atoms with Gasteiger partial charge in [0.15, 0.2) is 0 Å². The quantitative estimate of drug-likeness (QED) is 0.336. The molecule has 1 aliphatic heterocycles. The minimum absolute atomic E-state index is 0.260. The number of nitrogens with zero attached hydrogens (tertiary/aromatic N) is 3. The number of anilines is 2. The van der Waals surface area contributed by atoms with Gasteiger partial charge in [-0.2, -0.15) is 0 Å². The topological polar surface area (TPSA) is 101 Å². The van der Waals surface area contributed by atoms with Gasteiger partial charge in [0.25, 0.3) is 11.8 Å². The molecule has 0 spiro atoms. The number of hydrogen-bond acceptors (Lipinski definition) is 7. The third-order valence-electron chi connectivity index (χ3n) is 4.54. The van der Waals surface area contributed by atoms with Gasteiger partial charge in [0.05, 0.1) is 11.1 Å². The zero-order valence-corrected chi connectivity index (χ0v) is 18.3. The lowest BCUT2D eigenvalue weighted by Gasteiger charge is -2.13. The van der Waals surface area contributed by atoms with Crippen LogP contribution in [0.3, 0.4) is 0 Å². The van der Waals surface area contributed by atoms with E-state index in [4.69, 9.17) is 4.74 Å². The average molecular weight is 481 g/mol. The zero-order valence-electron chi connectivity index (χ0n) is 16.7. The van der Waals surface area contributed by atoms with Crippen molar-refractivity contribution in [3.8, 4) is 5.75 Å². The molecule has 1 aromatic heterocycles. The summed E-state index contributed by atoms with van der Waals surface area (Å²) in [6.07, 6.45) is 0. The molecule has 0 aliphatic carbocycles. The molecule has 4 rings (SSSR count). The lowest BCUT2D eigenvalue weighted by molar-refractivity contribution is -0.134. The maximum Gasteiger partial charge on any atom is 0.331 e. The van der Waals surface area contributed by atoms with E-state index in [0.717, 1.165) is 22.0 Å². The lowest BCUT2D eigenvalue weighted by Crippen LogP contribution is -2.36. The Morgan fingerprint density at radius 2 is 1.61 bits per heavy atom. The summed E-state index contributed by atoms with van der Waals surface area (Å²) in [5, 5.41) is 3.09. The fourth-order valence-corrected chi connectivity index (χ4v) is 3.58. The molecule has 1 N–H and O–H groups in total. The highest BCUT2D eigenvalue weighted by Crippen LogP contribution is 2.26. The van der Waals surface area contributed by atoms with E-state index in [1.807, 2.05) is 19.9 Å². The van der Waals surface area contributed by atoms with E-state index in [1.54, 1.807) is 42.5 Å². The number of rotatable bonds is 5. The molecule has 0 unspecified atom stereocenters. The van der Waals surface area contributed by atoms with Crippen LogP contribution in [-0.2, 0) is 4.79 Å². The number of amides is 2. The van der Waals surface area contributed by atoms with Crippen molar-refractivity contribution in [1.82, 2.24) is 14.9 Å². The summed E-state index contributed by atoms with van der Waals surface area (Å²) in [4.78, 5) is 46.7. The molecule has 156 valence electrons. The fraction of sp³-hybridized carbons (Fsp3) is 0.136. The molecule has 0 atom stereocenters. The van der Waals surface area contributed by atoms with Crippen molar-refractivity contribution in [2.24, 2.45) is 0 Å². The number of fused-ring (bicyclic) bond motifs is 1. The van der Waals surface area contributed by atoms with Crippen LogP contribution >= 0.6 is 15.9 Å². The third-order valence-corrected chi connectivity index (χ3v) is 5.04. The second-order valence-corrected chi connectivity index (χ2v) is 7.90. The van der Waals surface area contributed by atoms with Gasteiger partial charge in [-0.25, -0.2) is 14.8 Å². The molecule has 31 heavy (non-hydrogen) atoms. The summed E-state index contributed by atoms with van der Waals surface area (Å²) in [6, 6.07) is 13.3. The van der Waals surface area contributed by atoms with E-state index >= 15 is 0 Å². The Labute approximate surface area is 186 Å². The van der Waals surface area contributed by atoms with Crippen LogP contribution in [0.25, 0.3) is 0 Å². The van der Waals surface area contributed by atoms with E-state index in [0.29, 0.717) is 10.4 Å². The van der Waals surface area contributed by atoms with Crippen LogP contribution in [0.1, 0.15) is 32.1 Å². The standard InChI is InChI=1S/C22H17BrN4O4/c1-12-9-13(2)25-22(24-12)26-15-4-6-16(7-5-15)31-19(28)11-27-20(29)17-8-3-14(23)10-18(17)21(27)30/h3-10H,11H2,1-2H3,(H,24,25,26). The van der Waals surface area contributed by atoms with E-state index in [-0.39, 0.29) is 16.9 Å². The van der Waals surface area contributed by atoms with Gasteiger partial charge in [-0.05, 0) is 62.4 Å². The van der Waals surface area contributed by atoms with Crippen LogP contribution in [0.4, 0.5) is 11.6 Å². The first-order valence-electron chi connectivity index (χ1n) is 9.36. The predicted molar refractivity (Wildman–Crippen MR) is 116 cm³/mol. The Morgan fingerprint density at radius 3 is 2.29 bits per heavy atom. The highest BCUT2D eigenvalue weighted by molar-refractivity contribution is 9.10. The van der Waals surface area contributed by atoms with Gasteiger partial charge in [-0.1, -0.05) is 15.9 Å². The number of esters is 1. The first kappa shape index (κ1) is 20.7. The molecule has 0 fully saturated rings. The molecule has 2 heterocycles. The van der Waals surface area contributed by atoms with Gasteiger partial charge in [-0.3, -0.25) is 14.5 Å². The predicted octanol–water partition coefficient (Wildman–Crippen LogP) is 3.80. The number of hydrogen-bond donors (Lipinski definition) is 1. The van der Waals surface area contributed by atoms with Crippen LogP contribution < -0.4 is 10.1 Å². The van der Waals surface area contributed by atoms with Gasteiger partial charge >= 0.3 is 5.97 Å². The summed E-state index contributed by atoms with van der Waals surface area (Å²) >= 11 is 3.27. The van der Waals surface area contributed by atoms with Gasteiger partial charge in [-0.15, -0.1) is 0 Å². The van der Waals surface area contributed by atoms with E-state index < -0.39 is 24.3 Å². The van der Waals surface area contributed by atoms with Gasteiger partial charge in [0.2, 0.25) is 5.95 Å². The lowest BCUT2D eigenvalue weighted by atomic mass is 10.1. The monoisotopic (exact) mass is 480 g/mol. The number of nitrogens with one attached hydrogen (secondary N) is 1. The summed E-state index contributed by atoms with van der Waals surface area (Å²) in [5.41, 5.74) is 2.94. The largest absolute Gasteiger partial charge is 0.425 e. The first-order chi connectivity index (χ1) is 14.8. The van der Waals surface area contributed by atoms with Crippen molar-refractivity contribution >= 4 is 45.3 Å². The summed E-state index contributed by atoms with van der Waals surface area (Å²) in [6.45, 7) is 3.30. The number of carbonyl (C=O) groups excluding carboxylic acids is 3. The smallest absolute Gasteiger partial charge is 0.331 e. The molecule has 0 saturated heterocycles. The van der Waals surface area contributed by atoms with Crippen molar-refractivity contribution in [2.75, 3.05) is 11.9 Å². The fourth-order valence-electron chi connectivity index (χ4n) is 3.22. The van der Waals surface area contributed by atoms with Gasteiger partial charge in [0, 0.05) is 21.5 Å². The van der Waals surface area contributed by atoms with Crippen molar-refractivity contribution in [2.45, 2.75) is 13.8 Å². The van der Waals surface area contributed by atoms with Crippen LogP contribution in [0.5, 0.6) is 5.75 Å². The minimum Gasteiger partial charge on any atom is -0.425 e. The van der Waals surface area contributed by atoms with Crippen molar-refractivity contribution < 1.29 is 19.1 Å². The van der Waals surface area contributed by atoms with Crippen molar-refractivity contribution in [1.29, 1.82) is 0 Å². The van der Waals surface area contributed by atoms with E-state index in [2.05, 4.69) is 31.2 Å². The highest BCUT2D eigenvalue weighted by atomic mass is 79.9. The molecule has 2 aromatic carbocycles. The molecule has 0 radical (unpaired) electrons. The van der Waals surface area contributed by atoms with Crippen LogP contribution in [0.2, 0.25) is 0 Å². The molecular weight excluding hydrogens is 464 g/mol. The molecule has 2 amide bonds. The summed E-state index contributed by atoms with van der Waals surface area (Å²) in [5.74, 6) is -0.994. The summed E-state index contributed by atoms with van der Waals surface area (Å²) in [7, 11) is 0. The first-order valence-corrected chi connectivity index (χ1v) is 10.2. The number of aryl methyl sites for hydroxylation is 2. The molecule has 1 aliphatic rings. The summed E-state index contributed by atoms with van der Waals surface area (Å²) < 4.78 is 5.96. The minimum atomic E-state index is -0.716. The van der Waals surface area contributed by atoms with Crippen LogP contribution in [0.15, 0.2) is 53.0 Å². The van der Waals surface area contributed by atoms with Crippen molar-refractivity contribution in [3.05, 3.63) is 75.5 Å². The van der Waals surface area contributed by atoms with Crippen LogP contribution in [0, 0.1) is 13.8 Å². The molecule has 3 aromatic rings. The average Bonchev–Trinajstić information content (AvgIpc) is 2.93. The molecule has 9 heteroatoms. The van der Waals surface area contributed by atoms with Gasteiger partial charge in [0.1, 0.15) is 12.3 Å². The van der Waals surface area contributed by atoms with E-state index in [9.17, 15) is 14.4 Å². The number of ether oxygens (including phenoxy) is 1. The van der Waals surface area contributed by atoms with Gasteiger partial charge < -0.3 is 10.1 Å². The van der Waals surface area contributed by atoms with Crippen molar-refractivity contribution in [3.63, 3.8) is 0 Å². The maximum absolute atomic E-state index is 12.5. The Hall–Kier alpha value is -3.59. The molecule has 0 bridgehead atoms. The molecular formula is C22H17BrN4O4. The second-order valence-electron chi connectivity index (χ2n) is 6.98. The number of benzene rings is 2. The number of carbonyl (C=O) groups is 3.